The molecule has 0 amide bonds. The maximum absolute atomic E-state index is 5.50. The largest absolute Gasteiger partial charge is 0.497 e. The van der Waals surface area contributed by atoms with Gasteiger partial charge in [-0.2, -0.15) is 16.7 Å². The van der Waals surface area contributed by atoms with E-state index >= 15 is 0 Å². The molecule has 0 aliphatic carbocycles. The van der Waals surface area contributed by atoms with E-state index in [9.17, 15) is 0 Å². The maximum Gasteiger partial charge on any atom is 0.324 e. The Bertz CT molecular complexity index is 617. The normalized spacial score (nSPS) is 19.0. The van der Waals surface area contributed by atoms with Crippen molar-refractivity contribution in [3.8, 4) is 17.1 Å². The van der Waals surface area contributed by atoms with Gasteiger partial charge in [-0.3, -0.25) is 0 Å². The molecule has 1 aliphatic rings. The molecule has 2 aromatic rings. The zero-order valence-corrected chi connectivity index (χ0v) is 13.8. The van der Waals surface area contributed by atoms with E-state index in [4.69, 9.17) is 9.26 Å². The Kier molecular flexibility index (Phi) is 4.87. The fraction of sp³-hybridized carbons (Fsp3) is 0.500. The van der Waals surface area contributed by atoms with Gasteiger partial charge in [-0.1, -0.05) is 23.7 Å². The fourth-order valence-electron chi connectivity index (χ4n) is 2.69. The summed E-state index contributed by atoms with van der Waals surface area (Å²) in [4.78, 5) is 6.79. The highest BCUT2D eigenvalue weighted by molar-refractivity contribution is 7.99. The van der Waals surface area contributed by atoms with Gasteiger partial charge >= 0.3 is 6.01 Å². The van der Waals surface area contributed by atoms with Crippen LogP contribution < -0.4 is 9.64 Å². The molecular formula is C16H21N3O2S. The van der Waals surface area contributed by atoms with Gasteiger partial charge in [-0.25, -0.2) is 0 Å². The van der Waals surface area contributed by atoms with E-state index in [1.54, 1.807) is 7.11 Å². The van der Waals surface area contributed by atoms with Gasteiger partial charge in [-0.15, -0.1) is 0 Å². The summed E-state index contributed by atoms with van der Waals surface area (Å²) in [7, 11) is 1.65. The van der Waals surface area contributed by atoms with Crippen LogP contribution in [0.3, 0.4) is 0 Å². The SMILES string of the molecule is COc1cccc(-c2noc(N3CCCCC(SC)C3)n2)c1. The third kappa shape index (κ3) is 3.38. The zero-order valence-electron chi connectivity index (χ0n) is 13.0. The Hall–Kier alpha value is -1.69. The molecule has 3 rings (SSSR count). The van der Waals surface area contributed by atoms with Crippen molar-refractivity contribution < 1.29 is 9.26 Å². The third-order valence-electron chi connectivity index (χ3n) is 3.98. The Morgan fingerprint density at radius 3 is 3.09 bits per heavy atom. The second-order valence-electron chi connectivity index (χ2n) is 5.43. The molecule has 0 bridgehead atoms. The summed E-state index contributed by atoms with van der Waals surface area (Å²) in [5, 5.41) is 4.76. The molecule has 0 spiro atoms. The first kappa shape index (κ1) is 15.2. The number of anilines is 1. The fourth-order valence-corrected chi connectivity index (χ4v) is 3.42. The van der Waals surface area contributed by atoms with Crippen molar-refractivity contribution in [1.29, 1.82) is 0 Å². The van der Waals surface area contributed by atoms with Gasteiger partial charge in [-0.05, 0) is 31.2 Å². The van der Waals surface area contributed by atoms with Gasteiger partial charge < -0.3 is 14.2 Å². The standard InChI is InChI=1S/C16H21N3O2S/c1-20-13-7-5-6-12(10-13)15-17-16(21-18-15)19-9-4-3-8-14(11-19)22-2/h5-7,10,14H,3-4,8-9,11H2,1-2H3. The molecule has 22 heavy (non-hydrogen) atoms. The van der Waals surface area contributed by atoms with Crippen LogP contribution in [0.5, 0.6) is 5.75 Å². The van der Waals surface area contributed by atoms with Crippen molar-refractivity contribution in [3.63, 3.8) is 0 Å². The van der Waals surface area contributed by atoms with Gasteiger partial charge in [0.1, 0.15) is 5.75 Å². The van der Waals surface area contributed by atoms with Crippen molar-refractivity contribution in [1.82, 2.24) is 10.1 Å². The molecule has 1 saturated heterocycles. The number of benzene rings is 1. The van der Waals surface area contributed by atoms with E-state index in [1.165, 1.54) is 19.3 Å². The molecule has 1 atom stereocenters. The highest BCUT2D eigenvalue weighted by Crippen LogP contribution is 2.26. The Morgan fingerprint density at radius 1 is 1.36 bits per heavy atom. The van der Waals surface area contributed by atoms with Crippen LogP contribution in [0, 0.1) is 0 Å². The lowest BCUT2D eigenvalue weighted by Crippen LogP contribution is -2.29. The number of nitrogens with zero attached hydrogens (tertiary/aromatic N) is 3. The maximum atomic E-state index is 5.50. The summed E-state index contributed by atoms with van der Waals surface area (Å²) in [5.74, 6) is 1.40. The first-order valence-electron chi connectivity index (χ1n) is 7.56. The van der Waals surface area contributed by atoms with Gasteiger partial charge in [0.15, 0.2) is 0 Å². The first-order chi connectivity index (χ1) is 10.8. The smallest absolute Gasteiger partial charge is 0.324 e. The highest BCUT2D eigenvalue weighted by Gasteiger charge is 2.22. The van der Waals surface area contributed by atoms with Crippen LogP contribution in [0.2, 0.25) is 0 Å². The molecule has 1 aliphatic heterocycles. The summed E-state index contributed by atoms with van der Waals surface area (Å²) in [6.07, 6.45) is 5.87. The predicted molar refractivity (Wildman–Crippen MR) is 89.7 cm³/mol. The molecule has 1 unspecified atom stereocenters. The lowest BCUT2D eigenvalue weighted by atomic mass is 10.2. The molecule has 5 nitrogen and oxygen atoms in total. The Labute approximate surface area is 135 Å². The van der Waals surface area contributed by atoms with E-state index in [0.29, 0.717) is 17.1 Å². The average molecular weight is 319 g/mol. The number of rotatable bonds is 4. The van der Waals surface area contributed by atoms with E-state index in [-0.39, 0.29) is 0 Å². The lowest BCUT2D eigenvalue weighted by molar-refractivity contribution is 0.413. The summed E-state index contributed by atoms with van der Waals surface area (Å²) >= 11 is 1.92. The van der Waals surface area contributed by atoms with Crippen molar-refractivity contribution in [3.05, 3.63) is 24.3 Å². The zero-order chi connectivity index (χ0) is 15.4. The first-order valence-corrected chi connectivity index (χ1v) is 8.85. The molecule has 0 saturated carbocycles. The highest BCUT2D eigenvalue weighted by atomic mass is 32.2. The second kappa shape index (κ2) is 7.05. The quantitative estimate of drug-likeness (QED) is 0.860. The van der Waals surface area contributed by atoms with Gasteiger partial charge in [0.2, 0.25) is 5.82 Å². The lowest BCUT2D eigenvalue weighted by Gasteiger charge is -2.20. The minimum Gasteiger partial charge on any atom is -0.497 e. The van der Waals surface area contributed by atoms with Crippen LogP contribution in [-0.4, -0.2) is 41.8 Å². The van der Waals surface area contributed by atoms with Crippen molar-refractivity contribution >= 4 is 17.8 Å². The Balaban J connectivity index is 1.80. The third-order valence-corrected chi connectivity index (χ3v) is 5.03. The molecule has 1 aromatic carbocycles. The van der Waals surface area contributed by atoms with Crippen LogP contribution in [0.25, 0.3) is 11.4 Å². The molecule has 0 N–H and O–H groups in total. The van der Waals surface area contributed by atoms with Crippen molar-refractivity contribution in [2.45, 2.75) is 24.5 Å². The number of methoxy groups -OCH3 is 1. The molecule has 2 heterocycles. The van der Waals surface area contributed by atoms with Crippen LogP contribution in [0.1, 0.15) is 19.3 Å². The van der Waals surface area contributed by atoms with Gasteiger partial charge in [0, 0.05) is 23.9 Å². The van der Waals surface area contributed by atoms with E-state index in [2.05, 4.69) is 21.3 Å². The second-order valence-corrected chi connectivity index (χ2v) is 6.57. The van der Waals surface area contributed by atoms with E-state index in [0.717, 1.165) is 24.4 Å². The summed E-state index contributed by atoms with van der Waals surface area (Å²) in [6.45, 7) is 1.96. The summed E-state index contributed by atoms with van der Waals surface area (Å²) in [6, 6.07) is 8.34. The van der Waals surface area contributed by atoms with Crippen LogP contribution in [-0.2, 0) is 0 Å². The minimum atomic E-state index is 0.610. The van der Waals surface area contributed by atoms with Crippen molar-refractivity contribution in [2.75, 3.05) is 31.4 Å². The molecule has 1 fully saturated rings. The van der Waals surface area contributed by atoms with Crippen LogP contribution in [0.4, 0.5) is 6.01 Å². The number of hydrogen-bond acceptors (Lipinski definition) is 6. The molecule has 118 valence electrons. The number of thioether (sulfide) groups is 1. The van der Waals surface area contributed by atoms with E-state index < -0.39 is 0 Å². The molecule has 1 aromatic heterocycles. The molecule has 0 radical (unpaired) electrons. The predicted octanol–water partition coefficient (Wildman–Crippen LogP) is 3.47. The molecular weight excluding hydrogens is 298 g/mol. The number of hydrogen-bond donors (Lipinski definition) is 0. The monoisotopic (exact) mass is 319 g/mol. The summed E-state index contributed by atoms with van der Waals surface area (Å²) in [5.41, 5.74) is 0.908. The molecule has 6 heteroatoms. The number of ether oxygens (including phenoxy) is 1. The van der Waals surface area contributed by atoms with Crippen LogP contribution in [0.15, 0.2) is 28.8 Å². The van der Waals surface area contributed by atoms with Crippen molar-refractivity contribution in [2.24, 2.45) is 0 Å². The average Bonchev–Trinajstić information content (AvgIpc) is 2.94. The van der Waals surface area contributed by atoms with Gasteiger partial charge in [0.25, 0.3) is 0 Å². The Morgan fingerprint density at radius 2 is 2.27 bits per heavy atom. The summed E-state index contributed by atoms with van der Waals surface area (Å²) < 4.78 is 10.7. The topological polar surface area (TPSA) is 51.4 Å². The van der Waals surface area contributed by atoms with Gasteiger partial charge in [0.05, 0.1) is 7.11 Å². The number of aromatic nitrogens is 2. The minimum absolute atomic E-state index is 0.610. The van der Waals surface area contributed by atoms with Crippen LogP contribution >= 0.6 is 11.8 Å². The van der Waals surface area contributed by atoms with E-state index in [1.807, 2.05) is 36.0 Å².